The number of hydrogen-bond donors (Lipinski definition) is 2. The predicted molar refractivity (Wildman–Crippen MR) is 80.1 cm³/mol. The maximum absolute atomic E-state index is 11.6. The normalized spacial score (nSPS) is 15.8. The average molecular weight is 291 g/mol. The van der Waals surface area contributed by atoms with Crippen LogP contribution in [0.4, 0.5) is 5.82 Å². The summed E-state index contributed by atoms with van der Waals surface area (Å²) in [7, 11) is 0. The van der Waals surface area contributed by atoms with Crippen LogP contribution in [0.1, 0.15) is 17.3 Å². The van der Waals surface area contributed by atoms with Gasteiger partial charge in [0.25, 0.3) is 5.91 Å². The first-order chi connectivity index (χ1) is 10.1. The highest BCUT2D eigenvalue weighted by Gasteiger charge is 2.22. The van der Waals surface area contributed by atoms with Crippen LogP contribution >= 0.6 is 0 Å². The molecule has 0 radical (unpaired) electrons. The van der Waals surface area contributed by atoms with Crippen LogP contribution in [0.5, 0.6) is 0 Å². The fourth-order valence-corrected chi connectivity index (χ4v) is 2.42. The summed E-state index contributed by atoms with van der Waals surface area (Å²) in [6, 6.07) is 3.39. The van der Waals surface area contributed by atoms with E-state index in [4.69, 9.17) is 5.73 Å². The van der Waals surface area contributed by atoms with Gasteiger partial charge in [0.05, 0.1) is 12.1 Å². The second kappa shape index (κ2) is 7.03. The summed E-state index contributed by atoms with van der Waals surface area (Å²) in [5, 5.41) is 2.79. The third-order valence-corrected chi connectivity index (χ3v) is 3.47. The molecule has 1 aliphatic rings. The Kier molecular flexibility index (Phi) is 5.10. The Labute approximate surface area is 124 Å². The number of hydrogen-bond acceptors (Lipinski definition) is 5. The zero-order valence-electron chi connectivity index (χ0n) is 12.2. The molecule has 1 saturated heterocycles. The van der Waals surface area contributed by atoms with Crippen LogP contribution in [-0.2, 0) is 4.79 Å². The number of nitrogens with zero attached hydrogens (tertiary/aromatic N) is 3. The number of nitrogens with one attached hydrogen (secondary N) is 1. The smallest absolute Gasteiger partial charge is 0.252 e. The lowest BCUT2D eigenvalue weighted by molar-refractivity contribution is -0.122. The number of pyridine rings is 1. The van der Waals surface area contributed by atoms with Crippen molar-refractivity contribution in [1.29, 1.82) is 0 Å². The molecule has 1 aromatic heterocycles. The van der Waals surface area contributed by atoms with Crippen LogP contribution in [-0.4, -0.2) is 61.0 Å². The molecule has 0 bridgehead atoms. The highest BCUT2D eigenvalue weighted by Crippen LogP contribution is 2.18. The first-order valence-electron chi connectivity index (χ1n) is 7.10. The number of aromatic nitrogens is 1. The molecule has 7 heteroatoms. The van der Waals surface area contributed by atoms with Gasteiger partial charge in [-0.2, -0.15) is 0 Å². The van der Waals surface area contributed by atoms with Crippen molar-refractivity contribution in [1.82, 2.24) is 15.2 Å². The van der Waals surface area contributed by atoms with Gasteiger partial charge < -0.3 is 16.0 Å². The van der Waals surface area contributed by atoms with Gasteiger partial charge in [0, 0.05) is 38.9 Å². The number of carbonyl (C=O) groups excluding carboxylic acids is 2. The minimum atomic E-state index is -0.470. The molecule has 0 saturated carbocycles. The molecule has 0 aliphatic carbocycles. The molecule has 2 amide bonds. The fraction of sp³-hybridized carbons (Fsp3) is 0.500. The fourth-order valence-electron chi connectivity index (χ4n) is 2.42. The summed E-state index contributed by atoms with van der Waals surface area (Å²) in [5.74, 6) is 0.201. The highest BCUT2D eigenvalue weighted by atomic mass is 16.2. The zero-order chi connectivity index (χ0) is 15.2. The van der Waals surface area contributed by atoms with Crippen LogP contribution in [0.15, 0.2) is 18.3 Å². The Bertz CT molecular complexity index is 512. The molecule has 0 spiro atoms. The largest absolute Gasteiger partial charge is 0.365 e. The molecule has 3 N–H and O–H groups in total. The van der Waals surface area contributed by atoms with Crippen molar-refractivity contribution in [3.8, 4) is 0 Å². The van der Waals surface area contributed by atoms with Crippen molar-refractivity contribution < 1.29 is 9.59 Å². The minimum Gasteiger partial charge on any atom is -0.365 e. The van der Waals surface area contributed by atoms with Gasteiger partial charge in [-0.3, -0.25) is 14.5 Å². The van der Waals surface area contributed by atoms with Gasteiger partial charge in [-0.05, 0) is 19.1 Å². The Morgan fingerprint density at radius 1 is 1.33 bits per heavy atom. The summed E-state index contributed by atoms with van der Waals surface area (Å²) in [6.07, 6.45) is 1.66. The Morgan fingerprint density at radius 2 is 2.05 bits per heavy atom. The third-order valence-electron chi connectivity index (χ3n) is 3.47. The van der Waals surface area contributed by atoms with E-state index in [-0.39, 0.29) is 5.91 Å². The van der Waals surface area contributed by atoms with E-state index in [2.05, 4.69) is 15.2 Å². The molecule has 7 nitrogen and oxygen atoms in total. The lowest BCUT2D eigenvalue weighted by atomic mass is 10.2. The molecule has 0 unspecified atom stereocenters. The van der Waals surface area contributed by atoms with Crippen molar-refractivity contribution in [3.63, 3.8) is 0 Å². The number of rotatable bonds is 5. The second-order valence-electron chi connectivity index (χ2n) is 4.96. The van der Waals surface area contributed by atoms with E-state index < -0.39 is 5.91 Å². The number of nitrogens with two attached hydrogens (primary N) is 1. The lowest BCUT2D eigenvalue weighted by Crippen LogP contribution is -2.50. The van der Waals surface area contributed by atoms with Gasteiger partial charge in [0.2, 0.25) is 5.91 Å². The van der Waals surface area contributed by atoms with Gasteiger partial charge >= 0.3 is 0 Å². The predicted octanol–water partition coefficient (Wildman–Crippen LogP) is -0.561. The SMILES string of the molecule is CCNC(=O)CN1CCN(c2ncccc2C(N)=O)CC1. The number of piperazine rings is 1. The molecule has 0 atom stereocenters. The van der Waals surface area contributed by atoms with Gasteiger partial charge in [0.1, 0.15) is 5.82 Å². The monoisotopic (exact) mass is 291 g/mol. The highest BCUT2D eigenvalue weighted by molar-refractivity contribution is 5.97. The standard InChI is InChI=1S/C14H21N5O2/c1-2-16-12(20)10-18-6-8-19(9-7-18)14-11(13(15)21)4-3-5-17-14/h3-5H,2,6-10H2,1H3,(H2,15,21)(H,16,20). The first kappa shape index (κ1) is 15.2. The second-order valence-corrected chi connectivity index (χ2v) is 4.96. The summed E-state index contributed by atoms with van der Waals surface area (Å²) >= 11 is 0. The number of amides is 2. The number of primary amides is 1. The van der Waals surface area contributed by atoms with Crippen LogP contribution in [0.3, 0.4) is 0 Å². The van der Waals surface area contributed by atoms with E-state index in [1.807, 2.05) is 11.8 Å². The molecule has 2 heterocycles. The van der Waals surface area contributed by atoms with Crippen molar-refractivity contribution in [2.75, 3.05) is 44.2 Å². The quantitative estimate of drug-likeness (QED) is 0.758. The molecule has 1 fully saturated rings. The van der Waals surface area contributed by atoms with E-state index in [0.717, 1.165) is 26.2 Å². The van der Waals surface area contributed by atoms with Gasteiger partial charge in [-0.15, -0.1) is 0 Å². The Balaban J connectivity index is 1.95. The number of carbonyl (C=O) groups is 2. The first-order valence-corrected chi connectivity index (χ1v) is 7.10. The van der Waals surface area contributed by atoms with Crippen LogP contribution in [0.25, 0.3) is 0 Å². The average Bonchev–Trinajstić information content (AvgIpc) is 2.48. The zero-order valence-corrected chi connectivity index (χ0v) is 12.2. The number of likely N-dealkylation sites (N-methyl/N-ethyl adjacent to an activating group) is 1. The molecular weight excluding hydrogens is 270 g/mol. The third kappa shape index (κ3) is 3.91. The summed E-state index contributed by atoms with van der Waals surface area (Å²) in [6.45, 7) is 5.91. The van der Waals surface area contributed by atoms with Crippen molar-refractivity contribution in [3.05, 3.63) is 23.9 Å². The summed E-state index contributed by atoms with van der Waals surface area (Å²) < 4.78 is 0. The molecule has 1 aromatic rings. The van der Waals surface area contributed by atoms with Crippen molar-refractivity contribution in [2.24, 2.45) is 5.73 Å². The van der Waals surface area contributed by atoms with Crippen LogP contribution < -0.4 is 16.0 Å². The van der Waals surface area contributed by atoms with Crippen LogP contribution in [0.2, 0.25) is 0 Å². The van der Waals surface area contributed by atoms with Gasteiger partial charge in [-0.25, -0.2) is 4.98 Å². The lowest BCUT2D eigenvalue weighted by Gasteiger charge is -2.35. The van der Waals surface area contributed by atoms with Crippen molar-refractivity contribution in [2.45, 2.75) is 6.92 Å². The topological polar surface area (TPSA) is 91.6 Å². The van der Waals surface area contributed by atoms with E-state index >= 15 is 0 Å². The summed E-state index contributed by atoms with van der Waals surface area (Å²) in [4.78, 5) is 31.4. The summed E-state index contributed by atoms with van der Waals surface area (Å²) in [5.41, 5.74) is 5.82. The molecule has 1 aliphatic heterocycles. The van der Waals surface area contributed by atoms with E-state index in [9.17, 15) is 9.59 Å². The van der Waals surface area contributed by atoms with E-state index in [1.165, 1.54) is 0 Å². The minimum absolute atomic E-state index is 0.0432. The molecule has 21 heavy (non-hydrogen) atoms. The van der Waals surface area contributed by atoms with Gasteiger partial charge in [0.15, 0.2) is 0 Å². The van der Waals surface area contributed by atoms with E-state index in [1.54, 1.807) is 18.3 Å². The van der Waals surface area contributed by atoms with E-state index in [0.29, 0.717) is 24.5 Å². The van der Waals surface area contributed by atoms with Gasteiger partial charge in [-0.1, -0.05) is 0 Å². The maximum atomic E-state index is 11.6. The Morgan fingerprint density at radius 3 is 2.67 bits per heavy atom. The molecule has 2 rings (SSSR count). The molecular formula is C14H21N5O2. The molecule has 114 valence electrons. The molecule has 0 aromatic carbocycles. The maximum Gasteiger partial charge on any atom is 0.252 e. The van der Waals surface area contributed by atoms with Crippen LogP contribution in [0, 0.1) is 0 Å². The van der Waals surface area contributed by atoms with Crippen molar-refractivity contribution >= 4 is 17.6 Å². The Hall–Kier alpha value is -2.15. The number of anilines is 1.